The second-order valence-electron chi connectivity index (χ2n) is 3.61. The van der Waals surface area contributed by atoms with Crippen LogP contribution in [0.15, 0.2) is 12.1 Å². The molecule has 0 aromatic heterocycles. The summed E-state index contributed by atoms with van der Waals surface area (Å²) in [6.07, 6.45) is 8.55. The quantitative estimate of drug-likeness (QED) is 0.451. The zero-order valence-corrected chi connectivity index (χ0v) is 12.9. The molecule has 0 unspecified atom stereocenters. The maximum Gasteiger partial charge on any atom is 1.00 e. The van der Waals surface area contributed by atoms with E-state index in [1.807, 2.05) is 0 Å². The molecular formula is C10H19BF3K. The minimum Gasteiger partial charge on any atom is -0.445 e. The van der Waals surface area contributed by atoms with E-state index in [1.54, 1.807) is 0 Å². The zero-order valence-electron chi connectivity index (χ0n) is 9.82. The Hall–Kier alpha value is 1.23. The molecule has 0 aliphatic rings. The Morgan fingerprint density at radius 2 is 1.47 bits per heavy atom. The van der Waals surface area contributed by atoms with Gasteiger partial charge in [0.05, 0.1) is 0 Å². The van der Waals surface area contributed by atoms with Crippen LogP contribution < -0.4 is 51.4 Å². The van der Waals surface area contributed by atoms with Crippen molar-refractivity contribution in [3.8, 4) is 0 Å². The molecule has 0 saturated heterocycles. The Morgan fingerprint density at radius 3 is 2.00 bits per heavy atom. The van der Waals surface area contributed by atoms with E-state index < -0.39 is 6.98 Å². The molecule has 0 aromatic carbocycles. The van der Waals surface area contributed by atoms with Crippen molar-refractivity contribution in [2.24, 2.45) is 0 Å². The molecule has 0 aliphatic carbocycles. The molecule has 0 heterocycles. The summed E-state index contributed by atoms with van der Waals surface area (Å²) < 4.78 is 35.1. The van der Waals surface area contributed by atoms with Gasteiger partial charge in [-0.05, 0) is 12.8 Å². The van der Waals surface area contributed by atoms with Crippen molar-refractivity contribution in [3.05, 3.63) is 12.1 Å². The van der Waals surface area contributed by atoms with Crippen LogP contribution in [0, 0.1) is 0 Å². The summed E-state index contributed by atoms with van der Waals surface area (Å²) in [6, 6.07) is 0. The van der Waals surface area contributed by atoms with Crippen molar-refractivity contribution in [1.82, 2.24) is 0 Å². The van der Waals surface area contributed by atoms with Crippen LogP contribution in [0.5, 0.6) is 0 Å². The van der Waals surface area contributed by atoms with E-state index in [0.717, 1.165) is 19.3 Å². The third-order valence-electron chi connectivity index (χ3n) is 2.08. The first kappa shape index (κ1) is 18.6. The second-order valence-corrected chi connectivity index (χ2v) is 3.61. The Balaban J connectivity index is 0. The summed E-state index contributed by atoms with van der Waals surface area (Å²) in [5.41, 5.74) is 0. The standard InChI is InChI=1S/C10H19BF3.K/c1-2-3-4-5-6-7-8-9-10-11(12,13)14;/h9-10H,2-8H2,1H3;/q-1;+1. The van der Waals surface area contributed by atoms with Crippen LogP contribution in [0.25, 0.3) is 0 Å². The Bertz CT molecular complexity index is 157. The predicted octanol–water partition coefficient (Wildman–Crippen LogP) is 1.68. The summed E-state index contributed by atoms with van der Waals surface area (Å²) in [5.74, 6) is 0.395. The summed E-state index contributed by atoms with van der Waals surface area (Å²) in [5, 5.41) is 0. The monoisotopic (exact) mass is 246 g/mol. The van der Waals surface area contributed by atoms with Crippen LogP contribution in [0.2, 0.25) is 0 Å². The van der Waals surface area contributed by atoms with E-state index >= 15 is 0 Å². The normalized spacial score (nSPS) is 11.7. The molecule has 0 aromatic rings. The van der Waals surface area contributed by atoms with Crippen molar-refractivity contribution in [2.45, 2.75) is 51.9 Å². The van der Waals surface area contributed by atoms with Gasteiger partial charge < -0.3 is 12.9 Å². The first-order chi connectivity index (χ1) is 6.56. The molecule has 0 amide bonds. The van der Waals surface area contributed by atoms with Crippen LogP contribution in [0.1, 0.15) is 51.9 Å². The molecule has 0 aliphatic heterocycles. The van der Waals surface area contributed by atoms with Gasteiger partial charge in [0.1, 0.15) is 0 Å². The fourth-order valence-electron chi connectivity index (χ4n) is 1.29. The third-order valence-corrected chi connectivity index (χ3v) is 2.08. The van der Waals surface area contributed by atoms with Gasteiger partial charge in [-0.2, -0.15) is 0 Å². The number of hydrogen-bond donors (Lipinski definition) is 0. The minimum absolute atomic E-state index is 0. The Kier molecular flexibility index (Phi) is 14.5. The summed E-state index contributed by atoms with van der Waals surface area (Å²) >= 11 is 0. The largest absolute Gasteiger partial charge is 1.00 e. The van der Waals surface area contributed by atoms with E-state index in [-0.39, 0.29) is 51.4 Å². The SMILES string of the molecule is CCCCCCCCC=C[B-](F)(F)F.[K+]. The molecule has 0 radical (unpaired) electrons. The number of rotatable bonds is 8. The summed E-state index contributed by atoms with van der Waals surface area (Å²) in [4.78, 5) is 0. The first-order valence-corrected chi connectivity index (χ1v) is 5.44. The van der Waals surface area contributed by atoms with Crippen molar-refractivity contribution in [1.29, 1.82) is 0 Å². The molecule has 0 saturated carbocycles. The smallest absolute Gasteiger partial charge is 0.445 e. The van der Waals surface area contributed by atoms with Gasteiger partial charge >= 0.3 is 58.4 Å². The number of unbranched alkanes of at least 4 members (excludes halogenated alkanes) is 6. The van der Waals surface area contributed by atoms with Crippen LogP contribution in [0.4, 0.5) is 12.9 Å². The fraction of sp³-hybridized carbons (Fsp3) is 0.800. The topological polar surface area (TPSA) is 0 Å². The number of halogens is 3. The minimum atomic E-state index is -4.71. The van der Waals surface area contributed by atoms with Gasteiger partial charge in [-0.3, -0.25) is 0 Å². The van der Waals surface area contributed by atoms with Gasteiger partial charge in [-0.25, -0.2) is 0 Å². The van der Waals surface area contributed by atoms with E-state index in [0.29, 0.717) is 12.4 Å². The first-order valence-electron chi connectivity index (χ1n) is 5.44. The van der Waals surface area contributed by atoms with Gasteiger partial charge in [0, 0.05) is 0 Å². The maximum atomic E-state index is 11.7. The van der Waals surface area contributed by atoms with Crippen LogP contribution in [0.3, 0.4) is 0 Å². The van der Waals surface area contributed by atoms with Gasteiger partial charge in [-0.1, -0.05) is 39.0 Å². The van der Waals surface area contributed by atoms with Crippen molar-refractivity contribution >= 4 is 6.98 Å². The van der Waals surface area contributed by atoms with Crippen molar-refractivity contribution in [2.75, 3.05) is 0 Å². The molecule has 0 N–H and O–H groups in total. The molecular weight excluding hydrogens is 227 g/mol. The van der Waals surface area contributed by atoms with Crippen molar-refractivity contribution in [3.63, 3.8) is 0 Å². The molecule has 0 nitrogen and oxygen atoms in total. The number of hydrogen-bond acceptors (Lipinski definition) is 0. The molecule has 15 heavy (non-hydrogen) atoms. The molecule has 0 rings (SSSR count). The van der Waals surface area contributed by atoms with Gasteiger partial charge in [-0.15, -0.1) is 12.1 Å². The maximum absolute atomic E-state index is 11.7. The number of allylic oxidation sites excluding steroid dienone is 1. The second kappa shape index (κ2) is 11.7. The average Bonchev–Trinajstić information content (AvgIpc) is 2.08. The predicted molar refractivity (Wildman–Crippen MR) is 56.2 cm³/mol. The van der Waals surface area contributed by atoms with E-state index in [9.17, 15) is 12.9 Å². The van der Waals surface area contributed by atoms with Gasteiger partial charge in [0.15, 0.2) is 0 Å². The molecule has 0 atom stereocenters. The van der Waals surface area contributed by atoms with E-state index in [4.69, 9.17) is 0 Å². The zero-order chi connectivity index (χ0) is 10.9. The van der Waals surface area contributed by atoms with Gasteiger partial charge in [0.25, 0.3) is 0 Å². The van der Waals surface area contributed by atoms with Crippen molar-refractivity contribution < 1.29 is 64.3 Å². The van der Waals surface area contributed by atoms with Crippen LogP contribution >= 0.6 is 0 Å². The van der Waals surface area contributed by atoms with Crippen LogP contribution in [-0.2, 0) is 0 Å². The molecule has 84 valence electrons. The van der Waals surface area contributed by atoms with Gasteiger partial charge in [0.2, 0.25) is 0 Å². The van der Waals surface area contributed by atoms with E-state index in [1.165, 1.54) is 25.3 Å². The third kappa shape index (κ3) is 17.8. The molecule has 0 spiro atoms. The molecule has 5 heteroatoms. The summed E-state index contributed by atoms with van der Waals surface area (Å²) in [6.45, 7) is -2.57. The molecule has 0 fully saturated rings. The summed E-state index contributed by atoms with van der Waals surface area (Å²) in [7, 11) is 0. The Labute approximate surface area is 134 Å². The van der Waals surface area contributed by atoms with E-state index in [2.05, 4.69) is 6.92 Å². The Morgan fingerprint density at radius 1 is 0.933 bits per heavy atom. The average molecular weight is 246 g/mol. The van der Waals surface area contributed by atoms with Crippen LogP contribution in [-0.4, -0.2) is 6.98 Å². The molecule has 0 bridgehead atoms. The fourth-order valence-corrected chi connectivity index (χ4v) is 1.29.